The molecule has 0 unspecified atom stereocenters. The van der Waals surface area contributed by atoms with Crippen molar-refractivity contribution in [3.8, 4) is 0 Å². The summed E-state index contributed by atoms with van der Waals surface area (Å²) in [7, 11) is 0. The van der Waals surface area contributed by atoms with E-state index in [2.05, 4.69) is 45.1 Å². The quantitative estimate of drug-likeness (QED) is 0.664. The number of rotatable bonds is 0. The molecule has 0 aliphatic heterocycles. The van der Waals surface area contributed by atoms with Crippen LogP contribution >= 0.6 is 0 Å². The molecule has 1 aromatic rings. The molecule has 2 aliphatic carbocycles. The van der Waals surface area contributed by atoms with Gasteiger partial charge in [0.2, 0.25) is 0 Å². The first kappa shape index (κ1) is 10.6. The molecule has 0 saturated carbocycles. The molecule has 0 amide bonds. The molecule has 1 nitrogen and oxygen atoms in total. The number of nitrogen functional groups attached to an aromatic ring is 1. The Bertz CT molecular complexity index is 559. The maximum atomic E-state index is 6.22. The summed E-state index contributed by atoms with van der Waals surface area (Å²) < 4.78 is 0. The number of allylic oxidation sites excluding steroid dienone is 4. The molecule has 0 bridgehead atoms. The van der Waals surface area contributed by atoms with Gasteiger partial charge in [-0.15, -0.1) is 0 Å². The number of anilines is 1. The number of aryl methyl sites for hydroxylation is 1. The van der Waals surface area contributed by atoms with Crippen LogP contribution in [0.25, 0.3) is 5.57 Å². The molecule has 2 N–H and O–H groups in total. The zero-order valence-electron chi connectivity index (χ0n) is 10.8. The monoisotopic (exact) mass is 225 g/mol. The van der Waals surface area contributed by atoms with Gasteiger partial charge >= 0.3 is 0 Å². The van der Waals surface area contributed by atoms with Crippen molar-refractivity contribution in [2.24, 2.45) is 0 Å². The molecule has 0 heterocycles. The van der Waals surface area contributed by atoms with Crippen LogP contribution in [-0.4, -0.2) is 0 Å². The number of benzene rings is 1. The second-order valence-corrected chi connectivity index (χ2v) is 5.68. The SMILES string of the molecule is Cc1ccc(N)c2c1C1=C(CCC=C1)C2(C)C. The first-order chi connectivity index (χ1) is 8.03. The van der Waals surface area contributed by atoms with Crippen molar-refractivity contribution < 1.29 is 0 Å². The van der Waals surface area contributed by atoms with E-state index >= 15 is 0 Å². The molecule has 0 atom stereocenters. The Balaban J connectivity index is 2.38. The van der Waals surface area contributed by atoms with Gasteiger partial charge in [0.1, 0.15) is 0 Å². The lowest BCUT2D eigenvalue weighted by Crippen LogP contribution is -2.19. The highest BCUT2D eigenvalue weighted by atomic mass is 14.6. The molecule has 88 valence electrons. The van der Waals surface area contributed by atoms with Gasteiger partial charge in [-0.1, -0.05) is 37.6 Å². The van der Waals surface area contributed by atoms with Crippen molar-refractivity contribution in [1.82, 2.24) is 0 Å². The fourth-order valence-electron chi connectivity index (χ4n) is 3.44. The minimum absolute atomic E-state index is 0.103. The number of hydrogen-bond acceptors (Lipinski definition) is 1. The molecule has 1 aromatic carbocycles. The van der Waals surface area contributed by atoms with Crippen LogP contribution in [0.5, 0.6) is 0 Å². The Morgan fingerprint density at radius 1 is 1.24 bits per heavy atom. The summed E-state index contributed by atoms with van der Waals surface area (Å²) in [4.78, 5) is 0. The summed E-state index contributed by atoms with van der Waals surface area (Å²) in [5.41, 5.74) is 14.3. The minimum atomic E-state index is 0.103. The van der Waals surface area contributed by atoms with Crippen LogP contribution in [-0.2, 0) is 5.41 Å². The van der Waals surface area contributed by atoms with Crippen molar-refractivity contribution in [1.29, 1.82) is 0 Å². The zero-order chi connectivity index (χ0) is 12.2. The van der Waals surface area contributed by atoms with E-state index in [0.29, 0.717) is 0 Å². The van der Waals surface area contributed by atoms with Crippen molar-refractivity contribution in [2.45, 2.75) is 39.0 Å². The molecule has 2 aliphatic rings. The highest BCUT2D eigenvalue weighted by molar-refractivity contribution is 5.90. The number of hydrogen-bond donors (Lipinski definition) is 1. The van der Waals surface area contributed by atoms with Crippen LogP contribution in [0.2, 0.25) is 0 Å². The van der Waals surface area contributed by atoms with Crippen molar-refractivity contribution in [3.05, 3.63) is 46.5 Å². The van der Waals surface area contributed by atoms with E-state index in [1.165, 1.54) is 28.7 Å². The van der Waals surface area contributed by atoms with E-state index in [4.69, 9.17) is 5.73 Å². The summed E-state index contributed by atoms with van der Waals surface area (Å²) >= 11 is 0. The Morgan fingerprint density at radius 3 is 2.76 bits per heavy atom. The van der Waals surface area contributed by atoms with Crippen molar-refractivity contribution >= 4 is 11.3 Å². The number of nitrogens with two attached hydrogens (primary N) is 1. The lowest BCUT2D eigenvalue weighted by molar-refractivity contribution is 0.609. The standard InChI is InChI=1S/C16H19N/c1-10-8-9-13(17)15-14(10)11-6-4-5-7-12(11)16(15,2)3/h4,6,8-9H,5,7,17H2,1-3H3. The van der Waals surface area contributed by atoms with E-state index in [-0.39, 0.29) is 5.41 Å². The van der Waals surface area contributed by atoms with Crippen LogP contribution < -0.4 is 5.73 Å². The predicted octanol–water partition coefficient (Wildman–Crippen LogP) is 3.97. The summed E-state index contributed by atoms with van der Waals surface area (Å²) in [5.74, 6) is 0. The smallest absolute Gasteiger partial charge is 0.0361 e. The van der Waals surface area contributed by atoms with Crippen LogP contribution in [0.4, 0.5) is 5.69 Å². The number of fused-ring (bicyclic) bond motifs is 2. The second-order valence-electron chi connectivity index (χ2n) is 5.68. The van der Waals surface area contributed by atoms with Gasteiger partial charge in [0, 0.05) is 11.1 Å². The van der Waals surface area contributed by atoms with E-state index in [1.807, 2.05) is 0 Å². The van der Waals surface area contributed by atoms with Gasteiger partial charge in [0.05, 0.1) is 0 Å². The molecule has 17 heavy (non-hydrogen) atoms. The highest BCUT2D eigenvalue weighted by Gasteiger charge is 2.39. The maximum Gasteiger partial charge on any atom is 0.0361 e. The van der Waals surface area contributed by atoms with E-state index < -0.39 is 0 Å². The summed E-state index contributed by atoms with van der Waals surface area (Å²) in [5, 5.41) is 0. The summed E-state index contributed by atoms with van der Waals surface area (Å²) in [6, 6.07) is 4.20. The van der Waals surface area contributed by atoms with Crippen LogP contribution in [0.1, 0.15) is 43.4 Å². The highest BCUT2D eigenvalue weighted by Crippen LogP contribution is 2.52. The van der Waals surface area contributed by atoms with Gasteiger partial charge in [-0.2, -0.15) is 0 Å². The predicted molar refractivity (Wildman–Crippen MR) is 73.9 cm³/mol. The third kappa shape index (κ3) is 1.25. The topological polar surface area (TPSA) is 26.0 Å². The molecule has 0 radical (unpaired) electrons. The van der Waals surface area contributed by atoms with Gasteiger partial charge in [0.15, 0.2) is 0 Å². The molecule has 0 spiro atoms. The zero-order valence-corrected chi connectivity index (χ0v) is 10.8. The normalized spacial score (nSPS) is 20.4. The molecule has 0 aromatic heterocycles. The van der Waals surface area contributed by atoms with E-state index in [0.717, 1.165) is 12.1 Å². The van der Waals surface area contributed by atoms with Gasteiger partial charge < -0.3 is 5.73 Å². The lowest BCUT2D eigenvalue weighted by Gasteiger charge is -2.26. The molecule has 0 saturated heterocycles. The first-order valence-electron chi connectivity index (χ1n) is 6.33. The Kier molecular flexibility index (Phi) is 2.04. The maximum absolute atomic E-state index is 6.22. The summed E-state index contributed by atoms with van der Waals surface area (Å²) in [6.07, 6.45) is 6.91. The Hall–Kier alpha value is -1.50. The average Bonchev–Trinajstić information content (AvgIpc) is 2.55. The van der Waals surface area contributed by atoms with Crippen LogP contribution in [0.3, 0.4) is 0 Å². The third-order valence-corrected chi connectivity index (χ3v) is 4.27. The fraction of sp³-hybridized carbons (Fsp3) is 0.375. The molecule has 3 rings (SSSR count). The Labute approximate surface area is 103 Å². The Morgan fingerprint density at radius 2 is 2.00 bits per heavy atom. The first-order valence-corrected chi connectivity index (χ1v) is 6.33. The molecular weight excluding hydrogens is 206 g/mol. The van der Waals surface area contributed by atoms with Crippen LogP contribution in [0, 0.1) is 6.92 Å². The van der Waals surface area contributed by atoms with Crippen LogP contribution in [0.15, 0.2) is 29.9 Å². The van der Waals surface area contributed by atoms with Crippen molar-refractivity contribution in [3.63, 3.8) is 0 Å². The van der Waals surface area contributed by atoms with E-state index in [9.17, 15) is 0 Å². The van der Waals surface area contributed by atoms with Gasteiger partial charge in [0.25, 0.3) is 0 Å². The molecular formula is C16H19N. The minimum Gasteiger partial charge on any atom is -0.398 e. The van der Waals surface area contributed by atoms with Gasteiger partial charge in [-0.3, -0.25) is 0 Å². The van der Waals surface area contributed by atoms with E-state index in [1.54, 1.807) is 5.57 Å². The van der Waals surface area contributed by atoms with Crippen molar-refractivity contribution in [2.75, 3.05) is 5.73 Å². The fourth-order valence-corrected chi connectivity index (χ4v) is 3.44. The molecule has 1 heteroatoms. The largest absolute Gasteiger partial charge is 0.398 e. The lowest BCUT2D eigenvalue weighted by atomic mass is 9.78. The summed E-state index contributed by atoms with van der Waals surface area (Å²) in [6.45, 7) is 6.80. The van der Waals surface area contributed by atoms with Gasteiger partial charge in [-0.25, -0.2) is 0 Å². The average molecular weight is 225 g/mol. The second kappa shape index (κ2) is 3.25. The van der Waals surface area contributed by atoms with Gasteiger partial charge in [-0.05, 0) is 48.1 Å². The molecule has 0 fully saturated rings. The third-order valence-electron chi connectivity index (χ3n) is 4.27.